The molecule has 0 amide bonds. The highest BCUT2D eigenvalue weighted by atomic mass is 35.5. The number of allylic oxidation sites excluding steroid dienone is 3. The quantitative estimate of drug-likeness (QED) is 0.463. The summed E-state index contributed by atoms with van der Waals surface area (Å²) in [4.78, 5) is 8.08. The Balaban J connectivity index is 0.00000124. The molecule has 2 aromatic rings. The first-order chi connectivity index (χ1) is 15.4. The molecule has 32 heavy (non-hydrogen) atoms. The van der Waals surface area contributed by atoms with Gasteiger partial charge in [0.05, 0.1) is 11.3 Å². The second-order valence-electron chi connectivity index (χ2n) is 6.58. The van der Waals surface area contributed by atoms with Crippen LogP contribution in [0, 0.1) is 11.6 Å². The van der Waals surface area contributed by atoms with Crippen molar-refractivity contribution in [3.05, 3.63) is 76.0 Å². The van der Waals surface area contributed by atoms with E-state index in [9.17, 15) is 8.78 Å². The molecule has 1 unspecified atom stereocenters. The van der Waals surface area contributed by atoms with Gasteiger partial charge in [-0.05, 0) is 60.7 Å². The van der Waals surface area contributed by atoms with Crippen molar-refractivity contribution in [2.45, 2.75) is 73.1 Å². The van der Waals surface area contributed by atoms with Gasteiger partial charge in [-0.3, -0.25) is 0 Å². The summed E-state index contributed by atoms with van der Waals surface area (Å²) in [6, 6.07) is 5.40. The zero-order valence-corrected chi connectivity index (χ0v) is 20.8. The Morgan fingerprint density at radius 1 is 1.12 bits per heavy atom. The monoisotopic (exact) mass is 466 g/mol. The summed E-state index contributed by atoms with van der Waals surface area (Å²) in [5, 5.41) is 0.154. The topological polar surface area (TPSA) is 77.8 Å². The minimum absolute atomic E-state index is 0.00919. The number of halogens is 3. The molecular formula is C25H37ClF2N4. The average Bonchev–Trinajstić information content (AvgIpc) is 2.78. The summed E-state index contributed by atoms with van der Waals surface area (Å²) in [6.45, 7) is 12.2. The number of hydrogen-bond acceptors (Lipinski definition) is 4. The van der Waals surface area contributed by atoms with Crippen LogP contribution >= 0.6 is 11.6 Å². The highest BCUT2D eigenvalue weighted by Crippen LogP contribution is 2.35. The van der Waals surface area contributed by atoms with Gasteiger partial charge in [-0.2, -0.15) is 0 Å². The highest BCUT2D eigenvalue weighted by molar-refractivity contribution is 6.28. The summed E-state index contributed by atoms with van der Waals surface area (Å²) < 4.78 is 27.8. The van der Waals surface area contributed by atoms with Crippen LogP contribution in [0.15, 0.2) is 47.8 Å². The third kappa shape index (κ3) is 8.58. The standard InChI is InChI=1S/C18H17ClF2N4.C3H8.2C2H6/c19-18-24-8-7-15(25-18)11-4-1-3-10(17(11)23)9-14(22)16-12(20)5-2-6-13(16)21;1-3-2;2*1-2/h2,5-9,11H,1,3-4,22-23H2;3H2,1-2H3;2*1-2H3/b14-9-;;;. The molecule has 4 N–H and O–H groups in total. The van der Waals surface area contributed by atoms with Crippen molar-refractivity contribution in [1.29, 1.82) is 0 Å². The molecule has 0 radical (unpaired) electrons. The van der Waals surface area contributed by atoms with Crippen molar-refractivity contribution in [2.75, 3.05) is 0 Å². The van der Waals surface area contributed by atoms with Crippen LogP contribution in [0.1, 0.15) is 84.4 Å². The zero-order valence-electron chi connectivity index (χ0n) is 20.1. The maximum atomic E-state index is 13.9. The van der Waals surface area contributed by atoms with Gasteiger partial charge in [-0.25, -0.2) is 18.7 Å². The molecule has 0 aliphatic heterocycles. The van der Waals surface area contributed by atoms with Crippen LogP contribution in [-0.4, -0.2) is 9.97 Å². The second kappa shape index (κ2) is 16.2. The molecule has 1 aliphatic rings. The van der Waals surface area contributed by atoms with E-state index < -0.39 is 11.6 Å². The lowest BCUT2D eigenvalue weighted by atomic mass is 9.84. The molecule has 0 saturated heterocycles. The van der Waals surface area contributed by atoms with E-state index in [0.717, 1.165) is 24.1 Å². The number of nitrogens with two attached hydrogens (primary N) is 2. The predicted octanol–water partition coefficient (Wildman–Crippen LogP) is 7.36. The largest absolute Gasteiger partial charge is 0.401 e. The van der Waals surface area contributed by atoms with Gasteiger partial charge < -0.3 is 11.5 Å². The van der Waals surface area contributed by atoms with Gasteiger partial charge in [-0.15, -0.1) is 0 Å². The predicted molar refractivity (Wildman–Crippen MR) is 132 cm³/mol. The molecule has 1 aromatic carbocycles. The Hall–Kier alpha value is -2.47. The van der Waals surface area contributed by atoms with Crippen molar-refractivity contribution < 1.29 is 8.78 Å². The van der Waals surface area contributed by atoms with E-state index in [-0.39, 0.29) is 22.5 Å². The first kappa shape index (κ1) is 29.5. The van der Waals surface area contributed by atoms with Crippen molar-refractivity contribution in [2.24, 2.45) is 11.5 Å². The molecule has 3 rings (SSSR count). The summed E-state index contributed by atoms with van der Waals surface area (Å²) in [5.74, 6) is -1.54. The molecule has 1 aliphatic carbocycles. The molecule has 0 saturated carbocycles. The third-order valence-electron chi connectivity index (χ3n) is 4.27. The Kier molecular flexibility index (Phi) is 15.0. The van der Waals surface area contributed by atoms with E-state index in [2.05, 4.69) is 23.8 Å². The molecule has 7 heteroatoms. The molecule has 0 bridgehead atoms. The maximum Gasteiger partial charge on any atom is 0.222 e. The number of rotatable bonds is 3. The highest BCUT2D eigenvalue weighted by Gasteiger charge is 2.24. The lowest BCUT2D eigenvalue weighted by molar-refractivity contribution is 0.576. The van der Waals surface area contributed by atoms with E-state index in [4.69, 9.17) is 23.1 Å². The summed E-state index contributed by atoms with van der Waals surface area (Å²) in [7, 11) is 0. The Labute approximate surface area is 196 Å². The molecule has 1 aromatic heterocycles. The normalized spacial score (nSPS) is 15.4. The SMILES string of the molecule is CC.CC.CCC.NC1=C(/C=C(\N)c2c(F)cccc2F)CCCC1c1ccnc(Cl)n1. The van der Waals surface area contributed by atoms with Gasteiger partial charge in [-0.1, -0.05) is 54.0 Å². The smallest absolute Gasteiger partial charge is 0.222 e. The van der Waals surface area contributed by atoms with Crippen molar-refractivity contribution in [1.82, 2.24) is 9.97 Å². The number of benzene rings is 1. The van der Waals surface area contributed by atoms with Crippen LogP contribution in [0.4, 0.5) is 8.78 Å². The Morgan fingerprint density at radius 2 is 1.69 bits per heavy atom. The second-order valence-corrected chi connectivity index (χ2v) is 6.92. The Morgan fingerprint density at radius 3 is 2.22 bits per heavy atom. The van der Waals surface area contributed by atoms with E-state index in [0.29, 0.717) is 12.1 Å². The van der Waals surface area contributed by atoms with Crippen LogP contribution < -0.4 is 11.5 Å². The lowest BCUT2D eigenvalue weighted by Gasteiger charge is -2.25. The van der Waals surface area contributed by atoms with Crippen molar-refractivity contribution >= 4 is 17.3 Å². The number of aromatic nitrogens is 2. The molecule has 0 spiro atoms. The first-order valence-corrected chi connectivity index (χ1v) is 11.6. The molecule has 1 heterocycles. The fraction of sp³-hybridized carbons (Fsp3) is 0.440. The van der Waals surface area contributed by atoms with E-state index >= 15 is 0 Å². The molecule has 1 atom stereocenters. The van der Waals surface area contributed by atoms with Gasteiger partial charge in [0, 0.05) is 23.5 Å². The first-order valence-electron chi connectivity index (χ1n) is 11.3. The minimum atomic E-state index is -0.706. The summed E-state index contributed by atoms with van der Waals surface area (Å²) >= 11 is 5.85. The third-order valence-corrected chi connectivity index (χ3v) is 4.45. The van der Waals surface area contributed by atoms with Gasteiger partial charge in [0.1, 0.15) is 11.6 Å². The van der Waals surface area contributed by atoms with Gasteiger partial charge in [0.25, 0.3) is 0 Å². The molecule has 178 valence electrons. The van der Waals surface area contributed by atoms with E-state index in [1.54, 1.807) is 18.3 Å². The van der Waals surface area contributed by atoms with Crippen molar-refractivity contribution in [3.63, 3.8) is 0 Å². The lowest BCUT2D eigenvalue weighted by Crippen LogP contribution is -2.18. The zero-order chi connectivity index (χ0) is 24.7. The van der Waals surface area contributed by atoms with Crippen LogP contribution in [0.3, 0.4) is 0 Å². The number of hydrogen-bond donors (Lipinski definition) is 2. The molecule has 0 fully saturated rings. The number of nitrogens with zero attached hydrogens (tertiary/aromatic N) is 2. The van der Waals surface area contributed by atoms with Crippen LogP contribution in [0.25, 0.3) is 5.70 Å². The Bertz CT molecular complexity index is 862. The van der Waals surface area contributed by atoms with E-state index in [1.807, 2.05) is 27.7 Å². The fourth-order valence-corrected chi connectivity index (χ4v) is 3.21. The van der Waals surface area contributed by atoms with Crippen LogP contribution in [-0.2, 0) is 0 Å². The summed E-state index contributed by atoms with van der Waals surface area (Å²) in [6.07, 6.45) is 6.71. The van der Waals surface area contributed by atoms with Gasteiger partial charge in [0.15, 0.2) is 0 Å². The minimum Gasteiger partial charge on any atom is -0.401 e. The molecular weight excluding hydrogens is 430 g/mol. The average molecular weight is 467 g/mol. The molecule has 4 nitrogen and oxygen atoms in total. The fourth-order valence-electron chi connectivity index (χ4n) is 3.06. The van der Waals surface area contributed by atoms with Gasteiger partial charge >= 0.3 is 0 Å². The van der Waals surface area contributed by atoms with Crippen LogP contribution in [0.2, 0.25) is 5.28 Å². The summed E-state index contributed by atoms with van der Waals surface area (Å²) in [5.41, 5.74) is 14.1. The van der Waals surface area contributed by atoms with Crippen LogP contribution in [0.5, 0.6) is 0 Å². The maximum absolute atomic E-state index is 13.9. The van der Waals surface area contributed by atoms with Gasteiger partial charge in [0.2, 0.25) is 5.28 Å². The van der Waals surface area contributed by atoms with Crippen molar-refractivity contribution in [3.8, 4) is 0 Å². The van der Waals surface area contributed by atoms with E-state index in [1.165, 1.54) is 24.6 Å².